The second-order valence-electron chi connectivity index (χ2n) is 6.32. The van der Waals surface area contributed by atoms with E-state index < -0.39 is 5.60 Å². The summed E-state index contributed by atoms with van der Waals surface area (Å²) in [4.78, 5) is 14.5. The van der Waals surface area contributed by atoms with Crippen molar-refractivity contribution in [3.05, 3.63) is 23.0 Å². The molecule has 2 heterocycles. The molecule has 1 aromatic heterocycles. The average Bonchev–Trinajstić information content (AvgIpc) is 3.17. The van der Waals surface area contributed by atoms with Gasteiger partial charge in [-0.1, -0.05) is 11.6 Å². The van der Waals surface area contributed by atoms with Gasteiger partial charge in [0.15, 0.2) is 0 Å². The Kier molecular flexibility index (Phi) is 3.55. The Bertz CT molecular complexity index is 520. The third-order valence-electron chi connectivity index (χ3n) is 4.33. The van der Waals surface area contributed by atoms with Crippen molar-refractivity contribution in [3.63, 3.8) is 0 Å². The first kappa shape index (κ1) is 14.0. The molecule has 1 aliphatic carbocycles. The molecular weight excluding hydrogens is 276 g/mol. The molecule has 0 bridgehead atoms. The Morgan fingerprint density at radius 1 is 1.40 bits per heavy atom. The Morgan fingerprint density at radius 2 is 2.15 bits per heavy atom. The monoisotopic (exact) mass is 296 g/mol. The molecule has 110 valence electrons. The third kappa shape index (κ3) is 2.86. The van der Waals surface area contributed by atoms with Gasteiger partial charge in [-0.05, 0) is 45.1 Å². The van der Waals surface area contributed by atoms with Gasteiger partial charge in [0.2, 0.25) is 0 Å². The van der Waals surface area contributed by atoms with Crippen LogP contribution < -0.4 is 0 Å². The SMILES string of the molecule is CC1(O)CCCN(C(=O)c2cc(Cl)cn2C2CC2)CC1. The predicted molar refractivity (Wildman–Crippen MR) is 78.1 cm³/mol. The fourth-order valence-corrected chi connectivity index (χ4v) is 3.11. The zero-order chi connectivity index (χ0) is 14.3. The maximum Gasteiger partial charge on any atom is 0.270 e. The lowest BCUT2D eigenvalue weighted by atomic mass is 9.98. The molecule has 0 aromatic carbocycles. The van der Waals surface area contributed by atoms with Crippen molar-refractivity contribution in [2.45, 2.75) is 50.7 Å². The van der Waals surface area contributed by atoms with Crippen LogP contribution in [-0.2, 0) is 0 Å². The highest BCUT2D eigenvalue weighted by molar-refractivity contribution is 6.31. The molecule has 1 saturated carbocycles. The van der Waals surface area contributed by atoms with E-state index in [-0.39, 0.29) is 5.91 Å². The number of rotatable bonds is 2. The zero-order valence-electron chi connectivity index (χ0n) is 11.8. The van der Waals surface area contributed by atoms with Crippen LogP contribution in [0.2, 0.25) is 5.02 Å². The van der Waals surface area contributed by atoms with Crippen molar-refractivity contribution in [3.8, 4) is 0 Å². The zero-order valence-corrected chi connectivity index (χ0v) is 12.6. The minimum absolute atomic E-state index is 0.0431. The van der Waals surface area contributed by atoms with Crippen molar-refractivity contribution < 1.29 is 9.90 Å². The molecule has 1 aromatic rings. The summed E-state index contributed by atoms with van der Waals surface area (Å²) in [7, 11) is 0. The highest BCUT2D eigenvalue weighted by atomic mass is 35.5. The Balaban J connectivity index is 1.78. The lowest BCUT2D eigenvalue weighted by molar-refractivity contribution is 0.0436. The van der Waals surface area contributed by atoms with Gasteiger partial charge in [-0.2, -0.15) is 0 Å². The molecule has 4 nitrogen and oxygen atoms in total. The van der Waals surface area contributed by atoms with Gasteiger partial charge in [-0.15, -0.1) is 0 Å². The summed E-state index contributed by atoms with van der Waals surface area (Å²) in [5, 5.41) is 10.7. The fourth-order valence-electron chi connectivity index (χ4n) is 2.90. The van der Waals surface area contributed by atoms with Crippen molar-refractivity contribution in [2.24, 2.45) is 0 Å². The van der Waals surface area contributed by atoms with Gasteiger partial charge < -0.3 is 14.6 Å². The molecule has 0 radical (unpaired) electrons. The minimum Gasteiger partial charge on any atom is -0.390 e. The van der Waals surface area contributed by atoms with Crippen molar-refractivity contribution in [1.82, 2.24) is 9.47 Å². The van der Waals surface area contributed by atoms with E-state index in [0.29, 0.717) is 36.3 Å². The van der Waals surface area contributed by atoms with Gasteiger partial charge in [-0.3, -0.25) is 4.79 Å². The molecule has 3 rings (SSSR count). The van der Waals surface area contributed by atoms with Crippen molar-refractivity contribution >= 4 is 17.5 Å². The van der Waals surface area contributed by atoms with E-state index in [1.54, 1.807) is 6.07 Å². The summed E-state index contributed by atoms with van der Waals surface area (Å²) >= 11 is 6.07. The van der Waals surface area contributed by atoms with Gasteiger partial charge in [0.05, 0.1) is 10.6 Å². The Labute approximate surface area is 124 Å². The number of hydrogen-bond donors (Lipinski definition) is 1. The van der Waals surface area contributed by atoms with Gasteiger partial charge >= 0.3 is 0 Å². The summed E-state index contributed by atoms with van der Waals surface area (Å²) in [6, 6.07) is 2.21. The van der Waals surface area contributed by atoms with Crippen LogP contribution in [0.1, 0.15) is 55.6 Å². The maximum absolute atomic E-state index is 12.7. The smallest absolute Gasteiger partial charge is 0.270 e. The normalized spacial score (nSPS) is 27.4. The van der Waals surface area contributed by atoms with Crippen LogP contribution >= 0.6 is 11.6 Å². The van der Waals surface area contributed by atoms with E-state index >= 15 is 0 Å². The van der Waals surface area contributed by atoms with E-state index in [0.717, 1.165) is 25.7 Å². The molecule has 1 atom stereocenters. The van der Waals surface area contributed by atoms with Crippen molar-refractivity contribution in [1.29, 1.82) is 0 Å². The van der Waals surface area contributed by atoms with E-state index in [2.05, 4.69) is 0 Å². The van der Waals surface area contributed by atoms with E-state index in [4.69, 9.17) is 11.6 Å². The van der Waals surface area contributed by atoms with Crippen LogP contribution in [0.3, 0.4) is 0 Å². The van der Waals surface area contributed by atoms with Gasteiger partial charge in [0, 0.05) is 25.3 Å². The van der Waals surface area contributed by atoms with E-state index in [1.807, 2.05) is 22.6 Å². The van der Waals surface area contributed by atoms with Crippen LogP contribution in [0.4, 0.5) is 0 Å². The molecule has 1 saturated heterocycles. The Morgan fingerprint density at radius 3 is 2.85 bits per heavy atom. The molecule has 20 heavy (non-hydrogen) atoms. The molecule has 1 aliphatic heterocycles. The number of halogens is 1. The highest BCUT2D eigenvalue weighted by Crippen LogP contribution is 2.38. The largest absolute Gasteiger partial charge is 0.390 e. The number of hydrogen-bond acceptors (Lipinski definition) is 2. The minimum atomic E-state index is -0.648. The van der Waals surface area contributed by atoms with Gasteiger partial charge in [-0.25, -0.2) is 0 Å². The summed E-state index contributed by atoms with van der Waals surface area (Å²) in [5.41, 5.74) is 0.0459. The number of amides is 1. The topological polar surface area (TPSA) is 45.5 Å². The molecule has 2 fully saturated rings. The highest BCUT2D eigenvalue weighted by Gasteiger charge is 2.32. The first-order chi connectivity index (χ1) is 9.46. The molecule has 1 unspecified atom stereocenters. The number of carbonyl (C=O) groups excluding carboxylic acids is 1. The van der Waals surface area contributed by atoms with Crippen molar-refractivity contribution in [2.75, 3.05) is 13.1 Å². The van der Waals surface area contributed by atoms with Crippen LogP contribution in [-0.4, -0.2) is 39.2 Å². The second kappa shape index (κ2) is 5.08. The summed E-state index contributed by atoms with van der Waals surface area (Å²) in [6.45, 7) is 3.17. The third-order valence-corrected chi connectivity index (χ3v) is 4.53. The van der Waals surface area contributed by atoms with E-state index in [9.17, 15) is 9.90 Å². The first-order valence-electron chi connectivity index (χ1n) is 7.35. The number of likely N-dealkylation sites (tertiary alicyclic amines) is 1. The van der Waals surface area contributed by atoms with Crippen LogP contribution in [0.25, 0.3) is 0 Å². The second-order valence-corrected chi connectivity index (χ2v) is 6.76. The summed E-state index contributed by atoms with van der Waals surface area (Å²) in [6.07, 6.45) is 6.34. The first-order valence-corrected chi connectivity index (χ1v) is 7.73. The molecule has 2 aliphatic rings. The number of nitrogens with zero attached hydrogens (tertiary/aromatic N) is 2. The Hall–Kier alpha value is -1.00. The molecule has 0 spiro atoms. The summed E-state index contributed by atoms with van der Waals surface area (Å²) < 4.78 is 2.02. The number of aromatic nitrogens is 1. The van der Waals surface area contributed by atoms with E-state index in [1.165, 1.54) is 0 Å². The predicted octanol–water partition coefficient (Wildman–Crippen LogP) is 2.85. The molecule has 1 amide bonds. The average molecular weight is 297 g/mol. The molecule has 1 N–H and O–H groups in total. The molecule has 5 heteroatoms. The molecular formula is C15H21ClN2O2. The summed E-state index contributed by atoms with van der Waals surface area (Å²) in [5.74, 6) is 0.0431. The van der Waals surface area contributed by atoms with Crippen LogP contribution in [0, 0.1) is 0 Å². The van der Waals surface area contributed by atoms with Crippen LogP contribution in [0.5, 0.6) is 0 Å². The maximum atomic E-state index is 12.7. The number of carbonyl (C=O) groups is 1. The quantitative estimate of drug-likeness (QED) is 0.912. The standard InChI is InChI=1S/C15H21ClN2O2/c1-15(20)5-2-7-17(8-6-15)14(19)13-9-11(16)10-18(13)12-3-4-12/h9-10,12,20H,2-8H2,1H3. The fraction of sp³-hybridized carbons (Fsp3) is 0.667. The van der Waals surface area contributed by atoms with Crippen LogP contribution in [0.15, 0.2) is 12.3 Å². The number of aliphatic hydroxyl groups is 1. The lowest BCUT2D eigenvalue weighted by Crippen LogP contribution is -2.34. The van der Waals surface area contributed by atoms with Gasteiger partial charge in [0.25, 0.3) is 5.91 Å². The lowest BCUT2D eigenvalue weighted by Gasteiger charge is -2.23. The van der Waals surface area contributed by atoms with Gasteiger partial charge in [0.1, 0.15) is 5.69 Å².